The Hall–Kier alpha value is -2.07. The molecule has 2 heterocycles. The van der Waals surface area contributed by atoms with Gasteiger partial charge in [0, 0.05) is 5.39 Å². The zero-order chi connectivity index (χ0) is 12.5. The zero-order valence-corrected chi connectivity index (χ0v) is 10.3. The lowest BCUT2D eigenvalue weighted by molar-refractivity contribution is 0.685. The van der Waals surface area contributed by atoms with Gasteiger partial charge in [-0.25, -0.2) is 4.68 Å². The van der Waals surface area contributed by atoms with E-state index in [1.807, 2.05) is 36.4 Å². The molecule has 90 valence electrons. The molecule has 0 unspecified atom stereocenters. The van der Waals surface area contributed by atoms with Crippen LogP contribution in [0.3, 0.4) is 0 Å². The van der Waals surface area contributed by atoms with Crippen LogP contribution in [0.1, 0.15) is 5.69 Å². The summed E-state index contributed by atoms with van der Waals surface area (Å²) in [7, 11) is 0. The van der Waals surface area contributed by atoms with Crippen molar-refractivity contribution >= 4 is 28.3 Å². The van der Waals surface area contributed by atoms with Crippen molar-refractivity contribution in [3.05, 3.63) is 53.3 Å². The topological polar surface area (TPSA) is 56.7 Å². The first-order chi connectivity index (χ1) is 8.74. The Kier molecular flexibility index (Phi) is 2.64. The van der Waals surface area contributed by atoms with Crippen LogP contribution in [0.2, 0.25) is 5.02 Å². The van der Waals surface area contributed by atoms with Crippen molar-refractivity contribution in [2.45, 2.75) is 6.54 Å². The molecule has 3 rings (SSSR count). The first kappa shape index (κ1) is 11.0. The molecule has 0 aliphatic rings. The number of nitrogens with two attached hydrogens (primary N) is 1. The van der Waals surface area contributed by atoms with Gasteiger partial charge in [0.1, 0.15) is 10.8 Å². The second kappa shape index (κ2) is 4.31. The van der Waals surface area contributed by atoms with Gasteiger partial charge < -0.3 is 5.73 Å². The molecule has 2 aromatic heterocycles. The molecule has 0 aliphatic carbocycles. The molecular weight excluding hydrogens is 248 g/mol. The smallest absolute Gasteiger partial charge is 0.141 e. The highest BCUT2D eigenvalue weighted by Crippen LogP contribution is 2.18. The van der Waals surface area contributed by atoms with Gasteiger partial charge in [-0.15, -0.1) is 0 Å². The van der Waals surface area contributed by atoms with Crippen LogP contribution in [0.4, 0.5) is 5.82 Å². The molecular formula is C13H11ClN4. The minimum Gasteiger partial charge on any atom is -0.383 e. The van der Waals surface area contributed by atoms with Crippen LogP contribution in [0.25, 0.3) is 10.9 Å². The molecule has 0 amide bonds. The van der Waals surface area contributed by atoms with E-state index in [2.05, 4.69) is 10.1 Å². The number of anilines is 1. The Morgan fingerprint density at radius 1 is 1.17 bits per heavy atom. The van der Waals surface area contributed by atoms with E-state index in [1.165, 1.54) is 6.20 Å². The lowest BCUT2D eigenvalue weighted by Crippen LogP contribution is -2.07. The molecule has 0 aliphatic heterocycles. The molecule has 0 saturated carbocycles. The number of nitrogens with zero attached hydrogens (tertiary/aromatic N) is 3. The normalized spacial score (nSPS) is 10.9. The van der Waals surface area contributed by atoms with E-state index in [1.54, 1.807) is 4.68 Å². The summed E-state index contributed by atoms with van der Waals surface area (Å²) in [5.41, 5.74) is 7.67. The van der Waals surface area contributed by atoms with Gasteiger partial charge in [0.15, 0.2) is 0 Å². The SMILES string of the molecule is Nc1c(Cl)cnn1Cc1ccc2ccccc2n1. The summed E-state index contributed by atoms with van der Waals surface area (Å²) in [5, 5.41) is 5.70. The van der Waals surface area contributed by atoms with Crippen molar-refractivity contribution in [2.24, 2.45) is 0 Å². The minimum atomic E-state index is 0.464. The molecule has 2 N–H and O–H groups in total. The molecule has 0 radical (unpaired) electrons. The fraction of sp³-hybridized carbons (Fsp3) is 0.0769. The predicted molar refractivity (Wildman–Crippen MR) is 72.5 cm³/mol. The summed E-state index contributed by atoms with van der Waals surface area (Å²) in [6.07, 6.45) is 1.54. The van der Waals surface area contributed by atoms with E-state index in [9.17, 15) is 0 Å². The fourth-order valence-electron chi connectivity index (χ4n) is 1.85. The van der Waals surface area contributed by atoms with Gasteiger partial charge in [-0.1, -0.05) is 35.9 Å². The van der Waals surface area contributed by atoms with Crippen molar-refractivity contribution in [2.75, 3.05) is 5.73 Å². The standard InChI is InChI=1S/C13H11ClN4/c14-11-7-16-18(13(11)15)8-10-6-5-9-3-1-2-4-12(9)17-10/h1-7H,8,15H2. The number of hydrogen-bond donors (Lipinski definition) is 1. The third kappa shape index (κ3) is 1.91. The van der Waals surface area contributed by atoms with Gasteiger partial charge in [-0.3, -0.25) is 4.98 Å². The number of benzene rings is 1. The number of hydrogen-bond acceptors (Lipinski definition) is 3. The molecule has 18 heavy (non-hydrogen) atoms. The second-order valence-electron chi connectivity index (χ2n) is 4.03. The molecule has 0 bridgehead atoms. The van der Waals surface area contributed by atoms with Crippen LogP contribution in [-0.4, -0.2) is 14.8 Å². The predicted octanol–water partition coefficient (Wildman–Crippen LogP) is 2.72. The lowest BCUT2D eigenvalue weighted by Gasteiger charge is -2.05. The maximum atomic E-state index is 5.86. The van der Waals surface area contributed by atoms with Crippen molar-refractivity contribution in [1.82, 2.24) is 14.8 Å². The van der Waals surface area contributed by atoms with Gasteiger partial charge >= 0.3 is 0 Å². The summed E-state index contributed by atoms with van der Waals surface area (Å²) >= 11 is 5.86. The Morgan fingerprint density at radius 2 is 2.00 bits per heavy atom. The molecule has 0 atom stereocenters. The number of fused-ring (bicyclic) bond motifs is 1. The van der Waals surface area contributed by atoms with Crippen LogP contribution < -0.4 is 5.73 Å². The number of para-hydroxylation sites is 1. The molecule has 0 spiro atoms. The van der Waals surface area contributed by atoms with E-state index >= 15 is 0 Å². The second-order valence-corrected chi connectivity index (χ2v) is 4.44. The van der Waals surface area contributed by atoms with Gasteiger partial charge in [-0.2, -0.15) is 5.10 Å². The number of halogens is 1. The summed E-state index contributed by atoms with van der Waals surface area (Å²) < 4.78 is 1.64. The number of rotatable bonds is 2. The van der Waals surface area contributed by atoms with E-state index < -0.39 is 0 Å². The van der Waals surface area contributed by atoms with Crippen molar-refractivity contribution in [3.8, 4) is 0 Å². The van der Waals surface area contributed by atoms with Crippen LogP contribution >= 0.6 is 11.6 Å². The first-order valence-electron chi connectivity index (χ1n) is 5.55. The van der Waals surface area contributed by atoms with E-state index in [4.69, 9.17) is 17.3 Å². The largest absolute Gasteiger partial charge is 0.383 e. The third-order valence-corrected chi connectivity index (χ3v) is 3.09. The van der Waals surface area contributed by atoms with Crippen LogP contribution in [0, 0.1) is 0 Å². The fourth-order valence-corrected chi connectivity index (χ4v) is 1.99. The minimum absolute atomic E-state index is 0.464. The zero-order valence-electron chi connectivity index (χ0n) is 9.55. The van der Waals surface area contributed by atoms with Crippen LogP contribution in [0.5, 0.6) is 0 Å². The number of pyridine rings is 1. The van der Waals surface area contributed by atoms with Gasteiger partial charge in [0.25, 0.3) is 0 Å². The third-order valence-electron chi connectivity index (χ3n) is 2.80. The molecule has 0 fully saturated rings. The molecule has 0 saturated heterocycles. The van der Waals surface area contributed by atoms with E-state index in [-0.39, 0.29) is 0 Å². The molecule has 3 aromatic rings. The Morgan fingerprint density at radius 3 is 2.78 bits per heavy atom. The van der Waals surface area contributed by atoms with Crippen molar-refractivity contribution in [1.29, 1.82) is 0 Å². The summed E-state index contributed by atoms with van der Waals surface area (Å²) in [5.74, 6) is 0.464. The van der Waals surface area contributed by atoms with E-state index in [0.29, 0.717) is 17.4 Å². The Balaban J connectivity index is 1.98. The lowest BCUT2D eigenvalue weighted by atomic mass is 10.2. The summed E-state index contributed by atoms with van der Waals surface area (Å²) in [6.45, 7) is 0.517. The van der Waals surface area contributed by atoms with Gasteiger partial charge in [0.05, 0.1) is 24.0 Å². The average Bonchev–Trinajstić information content (AvgIpc) is 2.71. The number of nitrogen functional groups attached to an aromatic ring is 1. The molecule has 1 aromatic carbocycles. The van der Waals surface area contributed by atoms with Crippen LogP contribution in [0.15, 0.2) is 42.6 Å². The van der Waals surface area contributed by atoms with Crippen molar-refractivity contribution < 1.29 is 0 Å². The van der Waals surface area contributed by atoms with Gasteiger partial charge in [0.2, 0.25) is 0 Å². The summed E-state index contributed by atoms with van der Waals surface area (Å²) in [4.78, 5) is 4.56. The quantitative estimate of drug-likeness (QED) is 0.769. The monoisotopic (exact) mass is 258 g/mol. The highest BCUT2D eigenvalue weighted by molar-refractivity contribution is 6.32. The highest BCUT2D eigenvalue weighted by atomic mass is 35.5. The van der Waals surface area contributed by atoms with E-state index in [0.717, 1.165) is 16.6 Å². The Labute approximate surface area is 109 Å². The molecule has 4 nitrogen and oxygen atoms in total. The average molecular weight is 259 g/mol. The Bertz CT molecular complexity index is 705. The maximum Gasteiger partial charge on any atom is 0.141 e. The molecule has 5 heteroatoms. The first-order valence-corrected chi connectivity index (χ1v) is 5.93. The highest BCUT2D eigenvalue weighted by Gasteiger charge is 2.06. The van der Waals surface area contributed by atoms with Gasteiger partial charge in [-0.05, 0) is 12.1 Å². The summed E-state index contributed by atoms with van der Waals surface area (Å²) in [6, 6.07) is 12.0. The van der Waals surface area contributed by atoms with Crippen LogP contribution in [-0.2, 0) is 6.54 Å². The number of aromatic nitrogens is 3. The maximum absolute atomic E-state index is 5.86. The van der Waals surface area contributed by atoms with Crippen molar-refractivity contribution in [3.63, 3.8) is 0 Å².